The molecule has 0 unspecified atom stereocenters. The van der Waals surface area contributed by atoms with E-state index in [2.05, 4.69) is 60.9 Å². The Morgan fingerprint density at radius 1 is 0.667 bits per heavy atom. The number of carbonyl (C=O) groups excluding carboxylic acids is 2. The van der Waals surface area contributed by atoms with Crippen LogP contribution in [0.2, 0.25) is 0 Å². The molecule has 1 saturated carbocycles. The second kappa shape index (κ2) is 10.8. The van der Waals surface area contributed by atoms with Gasteiger partial charge in [0.25, 0.3) is 11.8 Å². The van der Waals surface area contributed by atoms with Crippen molar-refractivity contribution < 1.29 is 9.59 Å². The number of benzene rings is 2. The highest BCUT2D eigenvalue weighted by Crippen LogP contribution is 2.41. The highest BCUT2D eigenvalue weighted by molar-refractivity contribution is 7.12. The number of carbonyl (C=O) groups is 2. The van der Waals surface area contributed by atoms with Crippen molar-refractivity contribution in [2.24, 2.45) is 0 Å². The number of anilines is 2. The van der Waals surface area contributed by atoms with E-state index in [0.29, 0.717) is 11.8 Å². The van der Waals surface area contributed by atoms with E-state index in [1.807, 2.05) is 35.0 Å². The molecule has 2 aromatic carbocycles. The lowest BCUT2D eigenvalue weighted by Crippen LogP contribution is -2.14. The summed E-state index contributed by atoms with van der Waals surface area (Å²) < 4.78 is 0. The molecule has 1 fully saturated rings. The molecule has 184 valence electrons. The Balaban J connectivity index is 1.19. The van der Waals surface area contributed by atoms with Crippen molar-refractivity contribution in [3.05, 3.63) is 103 Å². The van der Waals surface area contributed by atoms with Gasteiger partial charge in [-0.15, -0.1) is 22.7 Å². The number of hydrogen-bond acceptors (Lipinski definition) is 4. The summed E-state index contributed by atoms with van der Waals surface area (Å²) in [4.78, 5) is 26.3. The quantitative estimate of drug-likeness (QED) is 0.271. The van der Waals surface area contributed by atoms with E-state index in [-0.39, 0.29) is 11.8 Å². The van der Waals surface area contributed by atoms with Gasteiger partial charge in [-0.25, -0.2) is 0 Å². The van der Waals surface area contributed by atoms with Gasteiger partial charge in [0.1, 0.15) is 0 Å². The van der Waals surface area contributed by atoms with Gasteiger partial charge < -0.3 is 10.6 Å². The van der Waals surface area contributed by atoms with Crippen LogP contribution in [0.1, 0.15) is 79.1 Å². The first-order chi connectivity index (χ1) is 17.5. The van der Waals surface area contributed by atoms with Crippen LogP contribution >= 0.6 is 22.7 Å². The maximum atomic E-state index is 12.4. The van der Waals surface area contributed by atoms with Crippen LogP contribution in [-0.2, 0) is 0 Å². The highest BCUT2D eigenvalue weighted by atomic mass is 32.1. The molecule has 2 N–H and O–H groups in total. The minimum absolute atomic E-state index is 0.0474. The van der Waals surface area contributed by atoms with E-state index < -0.39 is 0 Å². The van der Waals surface area contributed by atoms with Crippen LogP contribution in [-0.4, -0.2) is 11.8 Å². The monoisotopic (exact) mass is 514 g/mol. The van der Waals surface area contributed by atoms with Gasteiger partial charge in [0.05, 0.1) is 9.75 Å². The number of hydrogen-bond donors (Lipinski definition) is 2. The van der Waals surface area contributed by atoms with E-state index in [1.165, 1.54) is 33.8 Å². The zero-order valence-electron chi connectivity index (χ0n) is 20.5. The maximum Gasteiger partial charge on any atom is 0.265 e. The second-order valence-electron chi connectivity index (χ2n) is 9.56. The van der Waals surface area contributed by atoms with Crippen molar-refractivity contribution in [1.82, 2.24) is 0 Å². The summed E-state index contributed by atoms with van der Waals surface area (Å²) >= 11 is 2.91. The fraction of sp³-hybridized carbons (Fsp3) is 0.267. The summed E-state index contributed by atoms with van der Waals surface area (Å²) in [7, 11) is 0. The topological polar surface area (TPSA) is 58.2 Å². The summed E-state index contributed by atoms with van der Waals surface area (Å²) in [6.45, 7) is 4.14. The van der Waals surface area contributed by atoms with Crippen molar-refractivity contribution in [2.45, 2.75) is 51.4 Å². The molecule has 0 radical (unpaired) electrons. The molecule has 0 saturated heterocycles. The third-order valence-corrected chi connectivity index (χ3v) is 8.89. The minimum atomic E-state index is -0.0474. The lowest BCUT2D eigenvalue weighted by Gasteiger charge is -2.30. The SMILES string of the molecule is Cc1cc(C2CCC(c3ccc(NC(=O)c4cccs4)c(C)c3)CC2)ccc1NC(=O)c1cccs1. The summed E-state index contributed by atoms with van der Waals surface area (Å²) in [5.41, 5.74) is 6.71. The van der Waals surface area contributed by atoms with Gasteiger partial charge >= 0.3 is 0 Å². The molecule has 0 bridgehead atoms. The highest BCUT2D eigenvalue weighted by Gasteiger charge is 2.24. The Bertz CT molecular complexity index is 1250. The molecule has 5 rings (SSSR count). The molecule has 0 aliphatic heterocycles. The Kier molecular flexibility index (Phi) is 7.35. The van der Waals surface area contributed by atoms with Crippen LogP contribution in [0.4, 0.5) is 11.4 Å². The van der Waals surface area contributed by atoms with Crippen LogP contribution in [0.25, 0.3) is 0 Å². The van der Waals surface area contributed by atoms with Crippen LogP contribution in [0.15, 0.2) is 71.4 Å². The van der Waals surface area contributed by atoms with E-state index in [9.17, 15) is 9.59 Å². The number of thiophene rings is 2. The zero-order chi connectivity index (χ0) is 25.1. The molecule has 0 spiro atoms. The molecular formula is C30H30N2O2S2. The third-order valence-electron chi connectivity index (χ3n) is 7.16. The first kappa shape index (κ1) is 24.5. The van der Waals surface area contributed by atoms with Gasteiger partial charge in [-0.05, 0) is 109 Å². The van der Waals surface area contributed by atoms with Crippen LogP contribution in [0, 0.1) is 13.8 Å². The van der Waals surface area contributed by atoms with Crippen LogP contribution in [0.5, 0.6) is 0 Å². The number of aryl methyl sites for hydroxylation is 2. The molecule has 0 atom stereocenters. The van der Waals surface area contributed by atoms with Gasteiger partial charge in [-0.1, -0.05) is 36.4 Å². The molecule has 4 aromatic rings. The summed E-state index contributed by atoms with van der Waals surface area (Å²) in [5, 5.41) is 9.93. The smallest absolute Gasteiger partial charge is 0.265 e. The summed E-state index contributed by atoms with van der Waals surface area (Å²) in [6.07, 6.45) is 4.61. The third kappa shape index (κ3) is 5.45. The van der Waals surface area contributed by atoms with E-state index in [4.69, 9.17) is 0 Å². The molecule has 2 aromatic heterocycles. The average Bonchev–Trinajstić information content (AvgIpc) is 3.62. The van der Waals surface area contributed by atoms with Gasteiger partial charge in [-0.2, -0.15) is 0 Å². The largest absolute Gasteiger partial charge is 0.321 e. The van der Waals surface area contributed by atoms with Crippen LogP contribution < -0.4 is 10.6 Å². The molecule has 2 amide bonds. The maximum absolute atomic E-state index is 12.4. The standard InChI is InChI=1S/C30H30N2O2S2/c1-19-17-23(11-13-25(19)31-29(33)27-5-3-15-35-27)21-7-9-22(10-8-21)24-12-14-26(20(2)18-24)32-30(34)28-6-4-16-36-28/h3-6,11-18,21-22H,7-10H2,1-2H3,(H,31,33)(H,32,34). The summed E-state index contributed by atoms with van der Waals surface area (Å²) in [5.74, 6) is 1.00. The van der Waals surface area contributed by atoms with E-state index >= 15 is 0 Å². The average molecular weight is 515 g/mol. The van der Waals surface area contributed by atoms with Crippen molar-refractivity contribution in [1.29, 1.82) is 0 Å². The minimum Gasteiger partial charge on any atom is -0.321 e. The second-order valence-corrected chi connectivity index (χ2v) is 11.5. The Labute approximate surface area is 220 Å². The molecule has 1 aliphatic rings. The predicted octanol–water partition coefficient (Wildman–Crippen LogP) is 8.37. The number of nitrogens with one attached hydrogen (secondary N) is 2. The van der Waals surface area contributed by atoms with Gasteiger partial charge in [-0.3, -0.25) is 9.59 Å². The molecule has 36 heavy (non-hydrogen) atoms. The Morgan fingerprint density at radius 2 is 1.08 bits per heavy atom. The first-order valence-corrected chi connectivity index (χ1v) is 14.1. The van der Waals surface area contributed by atoms with E-state index in [1.54, 1.807) is 0 Å². The van der Waals surface area contributed by atoms with Gasteiger partial charge in [0.2, 0.25) is 0 Å². The van der Waals surface area contributed by atoms with Crippen LogP contribution in [0.3, 0.4) is 0 Å². The van der Waals surface area contributed by atoms with Crippen molar-refractivity contribution in [2.75, 3.05) is 10.6 Å². The lowest BCUT2D eigenvalue weighted by molar-refractivity contribution is 0.102. The number of rotatable bonds is 6. The van der Waals surface area contributed by atoms with E-state index in [0.717, 1.165) is 57.9 Å². The Morgan fingerprint density at radius 3 is 1.42 bits per heavy atom. The fourth-order valence-corrected chi connectivity index (χ4v) is 6.34. The molecule has 1 aliphatic carbocycles. The summed E-state index contributed by atoms with van der Waals surface area (Å²) in [6, 6.07) is 20.4. The molecule has 6 heteroatoms. The first-order valence-electron chi connectivity index (χ1n) is 12.4. The fourth-order valence-electron chi connectivity index (χ4n) is 5.11. The molecule has 2 heterocycles. The Hall–Kier alpha value is -3.22. The van der Waals surface area contributed by atoms with Crippen molar-refractivity contribution in [3.63, 3.8) is 0 Å². The predicted molar refractivity (Wildman–Crippen MR) is 151 cm³/mol. The lowest BCUT2D eigenvalue weighted by atomic mass is 9.75. The normalized spacial score (nSPS) is 17.5. The van der Waals surface area contributed by atoms with Crippen molar-refractivity contribution in [3.8, 4) is 0 Å². The van der Waals surface area contributed by atoms with Gasteiger partial charge in [0, 0.05) is 11.4 Å². The van der Waals surface area contributed by atoms with Crippen molar-refractivity contribution >= 4 is 45.9 Å². The zero-order valence-corrected chi connectivity index (χ0v) is 22.2. The number of amides is 2. The molecular weight excluding hydrogens is 484 g/mol. The molecule has 4 nitrogen and oxygen atoms in total. The van der Waals surface area contributed by atoms with Gasteiger partial charge in [0.15, 0.2) is 0 Å².